The molecule has 0 radical (unpaired) electrons. The highest BCUT2D eigenvalue weighted by molar-refractivity contribution is 7.13. The summed E-state index contributed by atoms with van der Waals surface area (Å²) in [6, 6.07) is 0.599. The minimum Gasteiger partial charge on any atom is -0.360 e. The maximum Gasteiger partial charge on any atom is 0.228 e. The number of anilines is 1. The lowest BCUT2D eigenvalue weighted by Crippen LogP contribution is -2.51. The summed E-state index contributed by atoms with van der Waals surface area (Å²) < 4.78 is 0. The minimum absolute atomic E-state index is 0.252. The molecular formula is C25H45N5OS. The molecule has 0 saturated carbocycles. The van der Waals surface area contributed by atoms with Crippen LogP contribution in [0.3, 0.4) is 0 Å². The van der Waals surface area contributed by atoms with Gasteiger partial charge in [-0.15, -0.1) is 11.3 Å². The first-order valence-electron chi connectivity index (χ1n) is 12.6. The first kappa shape index (κ1) is 25.4. The number of thiazole rings is 1. The number of nitrogens with one attached hydrogen (secondary N) is 1. The minimum atomic E-state index is -0.252. The number of aromatic nitrogens is 1. The van der Waals surface area contributed by atoms with E-state index in [1.54, 1.807) is 11.3 Å². The monoisotopic (exact) mass is 463 g/mol. The third-order valence-electron chi connectivity index (χ3n) is 7.57. The van der Waals surface area contributed by atoms with Crippen molar-refractivity contribution in [3.8, 4) is 0 Å². The van der Waals surface area contributed by atoms with Crippen LogP contribution in [-0.2, 0) is 11.3 Å². The van der Waals surface area contributed by atoms with Gasteiger partial charge in [0.05, 0.1) is 5.69 Å². The van der Waals surface area contributed by atoms with E-state index in [4.69, 9.17) is 4.98 Å². The van der Waals surface area contributed by atoms with E-state index in [1.807, 2.05) is 4.90 Å². The Morgan fingerprint density at radius 2 is 1.88 bits per heavy atom. The van der Waals surface area contributed by atoms with Crippen LogP contribution < -0.4 is 5.32 Å². The Balaban J connectivity index is 1.45. The van der Waals surface area contributed by atoms with Crippen molar-refractivity contribution < 1.29 is 4.79 Å². The van der Waals surface area contributed by atoms with E-state index in [0.717, 1.165) is 56.5 Å². The van der Waals surface area contributed by atoms with Gasteiger partial charge in [-0.1, -0.05) is 34.1 Å². The van der Waals surface area contributed by atoms with Gasteiger partial charge < -0.3 is 10.2 Å². The lowest BCUT2D eigenvalue weighted by Gasteiger charge is -2.40. The molecule has 182 valence electrons. The van der Waals surface area contributed by atoms with Crippen LogP contribution in [0.1, 0.15) is 79.3 Å². The molecule has 2 saturated heterocycles. The predicted octanol–water partition coefficient (Wildman–Crippen LogP) is 4.68. The number of rotatable bonds is 10. The van der Waals surface area contributed by atoms with E-state index in [-0.39, 0.29) is 11.0 Å². The lowest BCUT2D eigenvalue weighted by atomic mass is 9.88. The third-order valence-corrected chi connectivity index (χ3v) is 8.41. The molecule has 2 aliphatic heterocycles. The summed E-state index contributed by atoms with van der Waals surface area (Å²) in [5.41, 5.74) is 1.17. The molecule has 7 heteroatoms. The van der Waals surface area contributed by atoms with Gasteiger partial charge in [-0.05, 0) is 46.1 Å². The van der Waals surface area contributed by atoms with Crippen LogP contribution in [0.25, 0.3) is 0 Å². The molecule has 1 atom stereocenters. The fourth-order valence-corrected chi connectivity index (χ4v) is 5.90. The Labute approximate surface area is 199 Å². The Kier molecular flexibility index (Phi) is 8.61. The molecule has 0 spiro atoms. The highest BCUT2D eigenvalue weighted by atomic mass is 32.1. The fourth-order valence-electron chi connectivity index (χ4n) is 5.18. The number of hydrogen-bond donors (Lipinski definition) is 1. The number of carbonyl (C=O) groups is 1. The van der Waals surface area contributed by atoms with Gasteiger partial charge >= 0.3 is 0 Å². The van der Waals surface area contributed by atoms with Crippen molar-refractivity contribution in [2.75, 3.05) is 44.6 Å². The highest BCUT2D eigenvalue weighted by Crippen LogP contribution is 2.30. The molecule has 32 heavy (non-hydrogen) atoms. The summed E-state index contributed by atoms with van der Waals surface area (Å²) in [5, 5.41) is 6.86. The molecule has 0 aliphatic carbocycles. The van der Waals surface area contributed by atoms with Crippen molar-refractivity contribution >= 4 is 22.4 Å². The van der Waals surface area contributed by atoms with Gasteiger partial charge in [0.15, 0.2) is 5.13 Å². The summed E-state index contributed by atoms with van der Waals surface area (Å²) in [6.45, 7) is 19.8. The van der Waals surface area contributed by atoms with Crippen molar-refractivity contribution in [3.63, 3.8) is 0 Å². The second kappa shape index (κ2) is 10.8. The average molecular weight is 464 g/mol. The number of piperazine rings is 1. The topological polar surface area (TPSA) is 51.7 Å². The third kappa shape index (κ3) is 6.23. The molecule has 2 fully saturated rings. The van der Waals surface area contributed by atoms with E-state index in [0.29, 0.717) is 11.9 Å². The van der Waals surface area contributed by atoms with E-state index >= 15 is 0 Å². The largest absolute Gasteiger partial charge is 0.360 e. The zero-order chi connectivity index (χ0) is 23.4. The zero-order valence-corrected chi connectivity index (χ0v) is 22.1. The van der Waals surface area contributed by atoms with Crippen LogP contribution in [0.5, 0.6) is 0 Å². The Bertz CT molecular complexity index is 738. The second-order valence-corrected chi connectivity index (χ2v) is 11.7. The Morgan fingerprint density at radius 1 is 1.16 bits per heavy atom. The van der Waals surface area contributed by atoms with Crippen LogP contribution in [0.15, 0.2) is 5.38 Å². The highest BCUT2D eigenvalue weighted by Gasteiger charge is 2.35. The molecular weight excluding hydrogens is 418 g/mol. The Morgan fingerprint density at radius 3 is 2.53 bits per heavy atom. The van der Waals surface area contributed by atoms with Crippen LogP contribution in [-0.4, -0.2) is 76.4 Å². The van der Waals surface area contributed by atoms with Crippen molar-refractivity contribution in [3.05, 3.63) is 11.1 Å². The van der Waals surface area contributed by atoms with E-state index < -0.39 is 0 Å². The van der Waals surface area contributed by atoms with Gasteiger partial charge in [-0.2, -0.15) is 0 Å². The maximum absolute atomic E-state index is 12.7. The molecule has 1 amide bonds. The predicted molar refractivity (Wildman–Crippen MR) is 135 cm³/mol. The van der Waals surface area contributed by atoms with Crippen LogP contribution in [0.4, 0.5) is 5.13 Å². The number of hydrogen-bond acceptors (Lipinski definition) is 6. The van der Waals surface area contributed by atoms with Crippen molar-refractivity contribution in [1.29, 1.82) is 0 Å². The van der Waals surface area contributed by atoms with E-state index in [1.165, 1.54) is 32.2 Å². The molecule has 1 N–H and O–H groups in total. The first-order chi connectivity index (χ1) is 15.2. The standard InChI is InChI=1S/C25H45N5OS/c1-7-11-25(5,6)30-12-9-10-21(30)17-26-23-27-20(19-32-23)18-28-13-15-29(16-14-28)22(31)24(3,4)8-2/h19,21H,7-18H2,1-6H3,(H,26,27). The van der Waals surface area contributed by atoms with Crippen LogP contribution in [0, 0.1) is 5.41 Å². The van der Waals surface area contributed by atoms with Gasteiger partial charge in [0.25, 0.3) is 0 Å². The zero-order valence-electron chi connectivity index (χ0n) is 21.2. The molecule has 2 aliphatic rings. The van der Waals surface area contributed by atoms with Crippen LogP contribution in [0.2, 0.25) is 0 Å². The first-order valence-corrected chi connectivity index (χ1v) is 13.5. The fraction of sp³-hybridized carbons (Fsp3) is 0.840. The summed E-state index contributed by atoms with van der Waals surface area (Å²) in [5.74, 6) is 0.294. The molecule has 6 nitrogen and oxygen atoms in total. The Hall–Kier alpha value is -1.18. The molecule has 3 heterocycles. The maximum atomic E-state index is 12.7. The van der Waals surface area contributed by atoms with Gasteiger partial charge in [0, 0.05) is 61.6 Å². The number of amides is 1. The number of carbonyl (C=O) groups excluding carboxylic acids is 1. The van der Waals surface area contributed by atoms with Gasteiger partial charge in [-0.25, -0.2) is 4.98 Å². The van der Waals surface area contributed by atoms with Gasteiger partial charge in [-0.3, -0.25) is 14.6 Å². The lowest BCUT2D eigenvalue weighted by molar-refractivity contribution is -0.142. The summed E-state index contributed by atoms with van der Waals surface area (Å²) in [7, 11) is 0. The molecule has 1 aromatic heterocycles. The van der Waals surface area contributed by atoms with E-state index in [9.17, 15) is 4.79 Å². The van der Waals surface area contributed by atoms with Crippen molar-refractivity contribution in [1.82, 2.24) is 19.7 Å². The molecule has 1 aromatic rings. The summed E-state index contributed by atoms with van der Waals surface area (Å²) >= 11 is 1.72. The van der Waals surface area contributed by atoms with Crippen molar-refractivity contribution in [2.45, 2.75) is 91.8 Å². The number of nitrogens with zero attached hydrogens (tertiary/aromatic N) is 4. The normalized spacial score (nSPS) is 21.3. The summed E-state index contributed by atoms with van der Waals surface area (Å²) in [4.78, 5) is 24.7. The van der Waals surface area contributed by atoms with E-state index in [2.05, 4.69) is 62.0 Å². The molecule has 1 unspecified atom stereocenters. The van der Waals surface area contributed by atoms with Gasteiger partial charge in [0.1, 0.15) is 0 Å². The van der Waals surface area contributed by atoms with Crippen molar-refractivity contribution in [2.24, 2.45) is 5.41 Å². The van der Waals surface area contributed by atoms with Crippen LogP contribution >= 0.6 is 11.3 Å². The summed E-state index contributed by atoms with van der Waals surface area (Å²) in [6.07, 6.45) is 5.94. The SMILES string of the molecule is CCCC(C)(C)N1CCCC1CNc1nc(CN2CCN(C(=O)C(C)(C)CC)CC2)cs1. The molecule has 3 rings (SSSR count). The second-order valence-electron chi connectivity index (χ2n) is 10.9. The quantitative estimate of drug-likeness (QED) is 0.546. The molecule has 0 aromatic carbocycles. The number of likely N-dealkylation sites (tertiary alicyclic amines) is 1. The average Bonchev–Trinajstić information content (AvgIpc) is 3.42. The smallest absolute Gasteiger partial charge is 0.228 e. The van der Waals surface area contributed by atoms with Gasteiger partial charge in [0.2, 0.25) is 5.91 Å². The molecule has 0 bridgehead atoms.